The van der Waals surface area contributed by atoms with Crippen molar-refractivity contribution in [3.05, 3.63) is 53.3 Å². The van der Waals surface area contributed by atoms with Crippen LogP contribution in [0.4, 0.5) is 4.39 Å². The molecule has 0 amide bonds. The Morgan fingerprint density at radius 1 is 0.913 bits per heavy atom. The fraction of sp³-hybridized carbons (Fsp3) is 0.176. The molecule has 0 aliphatic heterocycles. The van der Waals surface area contributed by atoms with Crippen molar-refractivity contribution in [3.8, 4) is 17.2 Å². The smallest absolute Gasteiger partial charge is 0.343 e. The van der Waals surface area contributed by atoms with E-state index in [-0.39, 0.29) is 22.8 Å². The molecule has 2 rings (SSSR count). The number of halogens is 1. The van der Waals surface area contributed by atoms with Gasteiger partial charge >= 0.3 is 5.97 Å². The molecule has 0 N–H and O–H groups in total. The summed E-state index contributed by atoms with van der Waals surface area (Å²) in [6.07, 6.45) is 0. The van der Waals surface area contributed by atoms with Crippen LogP contribution in [-0.4, -0.2) is 26.0 Å². The predicted molar refractivity (Wildman–Crippen MR) is 80.9 cm³/mol. The first-order valence-corrected chi connectivity index (χ1v) is 6.70. The lowest BCUT2D eigenvalue weighted by Gasteiger charge is -2.09. The van der Waals surface area contributed by atoms with Gasteiger partial charge in [0.05, 0.1) is 19.8 Å². The highest BCUT2D eigenvalue weighted by Gasteiger charge is 2.14. The minimum Gasteiger partial charge on any atom is -0.497 e. The van der Waals surface area contributed by atoms with Gasteiger partial charge in [-0.1, -0.05) is 0 Å². The molecule has 0 spiro atoms. The second kappa shape index (κ2) is 6.91. The van der Waals surface area contributed by atoms with Crippen LogP contribution in [0.25, 0.3) is 0 Å². The van der Waals surface area contributed by atoms with Gasteiger partial charge in [0.15, 0.2) is 17.3 Å². The highest BCUT2D eigenvalue weighted by Crippen LogP contribution is 2.25. The van der Waals surface area contributed by atoms with Crippen molar-refractivity contribution in [3.63, 3.8) is 0 Å². The second-order valence-electron chi connectivity index (χ2n) is 4.69. The Morgan fingerprint density at radius 3 is 2.17 bits per heavy atom. The first kappa shape index (κ1) is 16.5. The van der Waals surface area contributed by atoms with Crippen molar-refractivity contribution in [1.29, 1.82) is 0 Å². The number of rotatable bonds is 5. The van der Waals surface area contributed by atoms with Gasteiger partial charge in [0, 0.05) is 11.6 Å². The van der Waals surface area contributed by atoms with Gasteiger partial charge < -0.3 is 14.2 Å². The van der Waals surface area contributed by atoms with Crippen molar-refractivity contribution in [2.24, 2.45) is 0 Å². The van der Waals surface area contributed by atoms with Gasteiger partial charge in [-0.25, -0.2) is 9.18 Å². The largest absolute Gasteiger partial charge is 0.497 e. The Labute approximate surface area is 132 Å². The SMILES string of the molecule is COc1cc(OC(=O)c2ccc(OC)c(F)c2)cc(C(C)=O)c1. The Morgan fingerprint density at radius 2 is 1.61 bits per heavy atom. The minimum atomic E-state index is -0.755. The summed E-state index contributed by atoms with van der Waals surface area (Å²) in [5, 5.41) is 0. The molecule has 0 saturated carbocycles. The number of methoxy groups -OCH3 is 2. The van der Waals surface area contributed by atoms with E-state index in [1.807, 2.05) is 0 Å². The third-order valence-electron chi connectivity index (χ3n) is 3.12. The van der Waals surface area contributed by atoms with Gasteiger partial charge in [-0.3, -0.25) is 4.79 Å². The molecule has 0 atom stereocenters. The predicted octanol–water partition coefficient (Wildman–Crippen LogP) is 3.26. The Balaban J connectivity index is 2.27. The van der Waals surface area contributed by atoms with E-state index in [2.05, 4.69) is 0 Å². The third-order valence-corrected chi connectivity index (χ3v) is 3.12. The van der Waals surface area contributed by atoms with Gasteiger partial charge in [0.25, 0.3) is 0 Å². The van der Waals surface area contributed by atoms with Crippen molar-refractivity contribution in [2.45, 2.75) is 6.92 Å². The number of Topliss-reactive ketones (excluding diaryl/α,β-unsaturated/α-hetero) is 1. The lowest BCUT2D eigenvalue weighted by Crippen LogP contribution is -2.09. The first-order chi connectivity index (χ1) is 10.9. The first-order valence-electron chi connectivity index (χ1n) is 6.70. The van der Waals surface area contributed by atoms with Crippen molar-refractivity contribution in [2.75, 3.05) is 14.2 Å². The molecule has 5 nitrogen and oxygen atoms in total. The Kier molecular flexibility index (Phi) is 4.95. The monoisotopic (exact) mass is 318 g/mol. The Bertz CT molecular complexity index is 755. The summed E-state index contributed by atoms with van der Waals surface area (Å²) in [4.78, 5) is 23.6. The van der Waals surface area contributed by atoms with E-state index in [0.29, 0.717) is 11.3 Å². The number of carbonyl (C=O) groups excluding carboxylic acids is 2. The molecule has 2 aromatic rings. The summed E-state index contributed by atoms with van der Waals surface area (Å²) in [6.45, 7) is 1.39. The molecule has 0 aliphatic rings. The molecule has 0 radical (unpaired) electrons. The minimum absolute atomic E-state index is 0.0236. The van der Waals surface area contributed by atoms with Gasteiger partial charge in [-0.2, -0.15) is 0 Å². The quantitative estimate of drug-likeness (QED) is 0.481. The fourth-order valence-corrected chi connectivity index (χ4v) is 1.91. The number of carbonyl (C=O) groups is 2. The molecule has 2 aromatic carbocycles. The van der Waals surface area contributed by atoms with Crippen molar-refractivity contribution < 1.29 is 28.2 Å². The van der Waals surface area contributed by atoms with Crippen LogP contribution in [0.5, 0.6) is 17.2 Å². The number of hydrogen-bond acceptors (Lipinski definition) is 5. The molecule has 23 heavy (non-hydrogen) atoms. The van der Waals surface area contributed by atoms with Crippen molar-refractivity contribution in [1.82, 2.24) is 0 Å². The maximum absolute atomic E-state index is 13.6. The number of benzene rings is 2. The molecular weight excluding hydrogens is 303 g/mol. The lowest BCUT2D eigenvalue weighted by atomic mass is 10.1. The number of ether oxygens (including phenoxy) is 3. The maximum atomic E-state index is 13.6. The summed E-state index contributed by atoms with van der Waals surface area (Å²) < 4.78 is 28.7. The average Bonchev–Trinajstić information content (AvgIpc) is 2.54. The number of hydrogen-bond donors (Lipinski definition) is 0. The molecule has 0 saturated heterocycles. The molecule has 0 aliphatic carbocycles. The van der Waals surface area contributed by atoms with Crippen molar-refractivity contribution >= 4 is 11.8 Å². The zero-order chi connectivity index (χ0) is 17.0. The number of esters is 1. The third kappa shape index (κ3) is 3.85. The van der Waals surface area contributed by atoms with E-state index >= 15 is 0 Å². The summed E-state index contributed by atoms with van der Waals surface area (Å²) in [5.74, 6) is -1.08. The maximum Gasteiger partial charge on any atom is 0.343 e. The van der Waals surface area contributed by atoms with E-state index in [4.69, 9.17) is 14.2 Å². The van der Waals surface area contributed by atoms with Crippen LogP contribution in [0.3, 0.4) is 0 Å². The fourth-order valence-electron chi connectivity index (χ4n) is 1.91. The van der Waals surface area contributed by atoms with Crippen LogP contribution in [0.1, 0.15) is 27.6 Å². The van der Waals surface area contributed by atoms with Crippen LogP contribution < -0.4 is 14.2 Å². The van der Waals surface area contributed by atoms with Crippen LogP contribution in [0, 0.1) is 5.82 Å². The standard InChI is InChI=1S/C17H15FO5/c1-10(19)12-6-13(21-2)9-14(7-12)23-17(20)11-4-5-16(22-3)15(18)8-11/h4-9H,1-3H3. The van der Waals surface area contributed by atoms with Gasteiger partial charge in [-0.05, 0) is 37.3 Å². The van der Waals surface area contributed by atoms with E-state index in [1.54, 1.807) is 0 Å². The van der Waals surface area contributed by atoms with E-state index in [0.717, 1.165) is 6.07 Å². The summed E-state index contributed by atoms with van der Waals surface area (Å²) in [5.41, 5.74) is 0.364. The molecule has 6 heteroatoms. The summed E-state index contributed by atoms with van der Waals surface area (Å²) in [6, 6.07) is 8.15. The molecule has 0 unspecified atom stereocenters. The molecular formula is C17H15FO5. The topological polar surface area (TPSA) is 61.8 Å². The molecule has 0 heterocycles. The zero-order valence-corrected chi connectivity index (χ0v) is 12.9. The van der Waals surface area contributed by atoms with Gasteiger partial charge in [0.2, 0.25) is 0 Å². The highest BCUT2D eigenvalue weighted by atomic mass is 19.1. The summed E-state index contributed by atoms with van der Waals surface area (Å²) in [7, 11) is 2.76. The number of ketones is 1. The zero-order valence-electron chi connectivity index (χ0n) is 12.9. The van der Waals surface area contributed by atoms with E-state index in [1.165, 1.54) is 51.5 Å². The average molecular weight is 318 g/mol. The van der Waals surface area contributed by atoms with Gasteiger partial charge in [-0.15, -0.1) is 0 Å². The normalized spacial score (nSPS) is 10.1. The van der Waals surface area contributed by atoms with Crippen LogP contribution >= 0.6 is 0 Å². The van der Waals surface area contributed by atoms with Crippen LogP contribution in [-0.2, 0) is 0 Å². The highest BCUT2D eigenvalue weighted by molar-refractivity contribution is 5.95. The Hall–Kier alpha value is -2.89. The molecule has 0 bridgehead atoms. The van der Waals surface area contributed by atoms with Gasteiger partial charge in [0.1, 0.15) is 11.5 Å². The lowest BCUT2D eigenvalue weighted by molar-refractivity contribution is 0.0732. The van der Waals surface area contributed by atoms with E-state index in [9.17, 15) is 14.0 Å². The van der Waals surface area contributed by atoms with Crippen LogP contribution in [0.15, 0.2) is 36.4 Å². The van der Waals surface area contributed by atoms with E-state index < -0.39 is 11.8 Å². The summed E-state index contributed by atoms with van der Waals surface area (Å²) >= 11 is 0. The molecule has 120 valence electrons. The molecule has 0 fully saturated rings. The molecule has 0 aromatic heterocycles. The van der Waals surface area contributed by atoms with Crippen LogP contribution in [0.2, 0.25) is 0 Å². The second-order valence-corrected chi connectivity index (χ2v) is 4.69.